The summed E-state index contributed by atoms with van der Waals surface area (Å²) in [5.74, 6) is -0.931. The molecule has 29 heavy (non-hydrogen) atoms. The van der Waals surface area contributed by atoms with Crippen LogP contribution in [0.2, 0.25) is 0 Å². The van der Waals surface area contributed by atoms with Crippen molar-refractivity contribution in [2.75, 3.05) is 11.9 Å². The van der Waals surface area contributed by atoms with Gasteiger partial charge < -0.3 is 10.6 Å². The van der Waals surface area contributed by atoms with Gasteiger partial charge in [-0.3, -0.25) is 14.5 Å². The molecule has 1 aliphatic rings. The van der Waals surface area contributed by atoms with E-state index in [1.807, 2.05) is 44.2 Å². The molecule has 0 bridgehead atoms. The summed E-state index contributed by atoms with van der Waals surface area (Å²) >= 11 is 1.35. The van der Waals surface area contributed by atoms with Crippen molar-refractivity contribution in [1.29, 1.82) is 0 Å². The van der Waals surface area contributed by atoms with Gasteiger partial charge in [-0.15, -0.1) is 0 Å². The number of carbonyl (C=O) groups excluding carboxylic acids is 3. The van der Waals surface area contributed by atoms with Gasteiger partial charge >= 0.3 is 6.03 Å². The maximum Gasteiger partial charge on any atom is 0.325 e. The van der Waals surface area contributed by atoms with E-state index in [2.05, 4.69) is 15.6 Å². The molecule has 2 N–H and O–H groups in total. The van der Waals surface area contributed by atoms with Crippen molar-refractivity contribution in [1.82, 2.24) is 15.2 Å². The first-order valence-corrected chi connectivity index (χ1v) is 9.97. The summed E-state index contributed by atoms with van der Waals surface area (Å²) in [5, 5.41) is 5.84. The highest BCUT2D eigenvalue weighted by molar-refractivity contribution is 7.22. The summed E-state index contributed by atoms with van der Waals surface area (Å²) in [4.78, 5) is 43.2. The van der Waals surface area contributed by atoms with Crippen molar-refractivity contribution >= 4 is 44.5 Å². The number of imide groups is 1. The molecule has 0 saturated carbocycles. The Hall–Kier alpha value is -3.26. The van der Waals surface area contributed by atoms with Crippen LogP contribution in [0.1, 0.15) is 23.6 Å². The molecule has 148 valence electrons. The van der Waals surface area contributed by atoms with E-state index < -0.39 is 23.4 Å². The van der Waals surface area contributed by atoms with Crippen molar-refractivity contribution in [3.8, 4) is 0 Å². The maximum absolute atomic E-state index is 12.9. The standard InChI is InChI=1S/C21H20N4O3S/c1-12-7-9-14(10-8-12)21(3)18(27)25(20(28)24-21)11-16(26)22-19-23-17-13(2)5-4-6-15(17)29-19/h4-10H,11H2,1-3H3,(H,24,28)(H,22,23,26)/t21-/m0/s1. The average molecular weight is 408 g/mol. The fraction of sp³-hybridized carbons (Fsp3) is 0.238. The quantitative estimate of drug-likeness (QED) is 0.648. The number of hydrogen-bond donors (Lipinski definition) is 2. The molecule has 1 fully saturated rings. The van der Waals surface area contributed by atoms with Gasteiger partial charge in [0.25, 0.3) is 5.91 Å². The lowest BCUT2D eigenvalue weighted by atomic mass is 9.91. The van der Waals surface area contributed by atoms with E-state index in [0.717, 1.165) is 26.2 Å². The van der Waals surface area contributed by atoms with Crippen LogP contribution >= 0.6 is 11.3 Å². The Labute approximate surface area is 171 Å². The van der Waals surface area contributed by atoms with Crippen LogP contribution in [0.3, 0.4) is 0 Å². The number of rotatable bonds is 4. The second-order valence-electron chi connectivity index (χ2n) is 7.30. The van der Waals surface area contributed by atoms with Crippen molar-refractivity contribution in [3.05, 3.63) is 59.2 Å². The lowest BCUT2D eigenvalue weighted by Gasteiger charge is -2.22. The predicted octanol–water partition coefficient (Wildman–Crippen LogP) is 3.32. The number of benzene rings is 2. The highest BCUT2D eigenvalue weighted by Gasteiger charge is 2.49. The van der Waals surface area contributed by atoms with Crippen molar-refractivity contribution < 1.29 is 14.4 Å². The van der Waals surface area contributed by atoms with E-state index in [1.54, 1.807) is 19.1 Å². The Morgan fingerprint density at radius 2 is 1.90 bits per heavy atom. The summed E-state index contributed by atoms with van der Waals surface area (Å²) in [6.07, 6.45) is 0. The van der Waals surface area contributed by atoms with E-state index in [4.69, 9.17) is 0 Å². The lowest BCUT2D eigenvalue weighted by molar-refractivity contribution is -0.133. The number of fused-ring (bicyclic) bond motifs is 1. The van der Waals surface area contributed by atoms with Crippen LogP contribution in [-0.2, 0) is 15.1 Å². The van der Waals surface area contributed by atoms with Gasteiger partial charge in [0.1, 0.15) is 12.1 Å². The van der Waals surface area contributed by atoms with Gasteiger partial charge in [-0.2, -0.15) is 0 Å². The van der Waals surface area contributed by atoms with Gasteiger partial charge in [-0.25, -0.2) is 9.78 Å². The molecule has 7 nitrogen and oxygen atoms in total. The fourth-order valence-electron chi connectivity index (χ4n) is 3.37. The minimum Gasteiger partial charge on any atom is -0.319 e. The van der Waals surface area contributed by atoms with Gasteiger partial charge in [0, 0.05) is 0 Å². The fourth-order valence-corrected chi connectivity index (χ4v) is 4.33. The van der Waals surface area contributed by atoms with E-state index in [9.17, 15) is 14.4 Å². The maximum atomic E-state index is 12.9. The zero-order valence-corrected chi connectivity index (χ0v) is 17.1. The van der Waals surface area contributed by atoms with Gasteiger partial charge in [-0.05, 0) is 38.0 Å². The van der Waals surface area contributed by atoms with Crippen LogP contribution in [-0.4, -0.2) is 34.3 Å². The molecule has 4 amide bonds. The van der Waals surface area contributed by atoms with Gasteiger partial charge in [-0.1, -0.05) is 53.3 Å². The summed E-state index contributed by atoms with van der Waals surface area (Å²) in [5.41, 5.74) is 2.37. The highest BCUT2D eigenvalue weighted by atomic mass is 32.1. The molecule has 1 atom stereocenters. The normalized spacial score (nSPS) is 18.9. The highest BCUT2D eigenvalue weighted by Crippen LogP contribution is 2.30. The number of aryl methyl sites for hydroxylation is 2. The Morgan fingerprint density at radius 3 is 2.59 bits per heavy atom. The number of aromatic nitrogens is 1. The first-order chi connectivity index (χ1) is 13.8. The minimum absolute atomic E-state index is 0.374. The third-order valence-electron chi connectivity index (χ3n) is 5.07. The molecule has 1 aromatic heterocycles. The van der Waals surface area contributed by atoms with Gasteiger partial charge in [0.05, 0.1) is 10.2 Å². The van der Waals surface area contributed by atoms with Crippen LogP contribution in [0.5, 0.6) is 0 Å². The number of carbonyl (C=O) groups is 3. The first kappa shape index (κ1) is 19.1. The summed E-state index contributed by atoms with van der Waals surface area (Å²) in [6.45, 7) is 5.17. The molecule has 1 saturated heterocycles. The molecule has 8 heteroatoms. The summed E-state index contributed by atoms with van der Waals surface area (Å²) in [6, 6.07) is 12.6. The third-order valence-corrected chi connectivity index (χ3v) is 6.01. The number of hydrogen-bond acceptors (Lipinski definition) is 5. The number of nitrogens with zero attached hydrogens (tertiary/aromatic N) is 2. The van der Waals surface area contributed by atoms with Crippen LogP contribution in [0, 0.1) is 13.8 Å². The second kappa shape index (κ2) is 6.97. The topological polar surface area (TPSA) is 91.4 Å². The number of para-hydroxylation sites is 1. The van der Waals surface area contributed by atoms with Crippen molar-refractivity contribution in [3.63, 3.8) is 0 Å². The van der Waals surface area contributed by atoms with E-state index in [-0.39, 0.29) is 6.54 Å². The van der Waals surface area contributed by atoms with E-state index in [0.29, 0.717) is 10.7 Å². The molecule has 1 aliphatic heterocycles. The monoisotopic (exact) mass is 408 g/mol. The first-order valence-electron chi connectivity index (χ1n) is 9.15. The van der Waals surface area contributed by atoms with E-state index >= 15 is 0 Å². The lowest BCUT2D eigenvalue weighted by Crippen LogP contribution is -2.42. The molecule has 0 spiro atoms. The zero-order valence-electron chi connectivity index (χ0n) is 16.3. The van der Waals surface area contributed by atoms with Crippen molar-refractivity contribution in [2.24, 2.45) is 0 Å². The van der Waals surface area contributed by atoms with Gasteiger partial charge in [0.2, 0.25) is 5.91 Å². The third kappa shape index (κ3) is 3.36. The number of amides is 4. The molecule has 0 radical (unpaired) electrons. The Morgan fingerprint density at radius 1 is 1.17 bits per heavy atom. The largest absolute Gasteiger partial charge is 0.325 e. The van der Waals surface area contributed by atoms with Crippen LogP contribution in [0.4, 0.5) is 9.93 Å². The smallest absolute Gasteiger partial charge is 0.319 e. The molecule has 0 unspecified atom stereocenters. The predicted molar refractivity (Wildman–Crippen MR) is 112 cm³/mol. The molecule has 2 aromatic carbocycles. The Bertz CT molecular complexity index is 1140. The summed E-state index contributed by atoms with van der Waals surface area (Å²) < 4.78 is 0.960. The van der Waals surface area contributed by atoms with Crippen LogP contribution < -0.4 is 10.6 Å². The summed E-state index contributed by atoms with van der Waals surface area (Å²) in [7, 11) is 0. The number of urea groups is 1. The molecular formula is C21H20N4O3S. The molecule has 0 aliphatic carbocycles. The minimum atomic E-state index is -1.20. The molecule has 4 rings (SSSR count). The SMILES string of the molecule is Cc1ccc([C@]2(C)NC(=O)N(CC(=O)Nc3nc4c(C)cccc4s3)C2=O)cc1. The number of thiazole rings is 1. The van der Waals surface area contributed by atoms with Gasteiger partial charge in [0.15, 0.2) is 5.13 Å². The Kier molecular flexibility index (Phi) is 4.58. The molecule has 3 aromatic rings. The second-order valence-corrected chi connectivity index (χ2v) is 8.33. The van der Waals surface area contributed by atoms with Crippen LogP contribution in [0.15, 0.2) is 42.5 Å². The molecular weight excluding hydrogens is 388 g/mol. The molecule has 2 heterocycles. The van der Waals surface area contributed by atoms with E-state index in [1.165, 1.54) is 11.3 Å². The zero-order chi connectivity index (χ0) is 20.8. The average Bonchev–Trinajstić information content (AvgIpc) is 3.17. The number of nitrogens with one attached hydrogen (secondary N) is 2. The Balaban J connectivity index is 1.50. The van der Waals surface area contributed by atoms with Crippen LogP contribution in [0.25, 0.3) is 10.2 Å². The number of anilines is 1. The van der Waals surface area contributed by atoms with Crippen molar-refractivity contribution in [2.45, 2.75) is 26.3 Å².